The van der Waals surface area contributed by atoms with E-state index in [2.05, 4.69) is 0 Å². The summed E-state index contributed by atoms with van der Waals surface area (Å²) in [7, 11) is 0. The molecule has 0 aliphatic carbocycles. The van der Waals surface area contributed by atoms with Gasteiger partial charge in [-0.3, -0.25) is 0 Å². The third-order valence-electron chi connectivity index (χ3n) is 0. The summed E-state index contributed by atoms with van der Waals surface area (Å²) < 4.78 is 0. The van der Waals surface area contributed by atoms with Gasteiger partial charge < -0.3 is 0 Å². The predicted molar refractivity (Wildman–Crippen MR) is 61.8 cm³/mol. The highest BCUT2D eigenvalue weighted by atomic mass is 16.1. The summed E-state index contributed by atoms with van der Waals surface area (Å²) in [6.07, 6.45) is 1.50. The van der Waals surface area contributed by atoms with Gasteiger partial charge in [-0.1, -0.05) is 51.0 Å². The Morgan fingerprint density at radius 1 is 0.692 bits per heavy atom. The first kappa shape index (κ1) is 96.3. The Morgan fingerprint density at radius 2 is 0.692 bits per heavy atom. The summed E-state index contributed by atoms with van der Waals surface area (Å²) in [5.41, 5.74) is 0. The van der Waals surface area contributed by atoms with Crippen molar-refractivity contribution >= 4 is 12.2 Å². The molecule has 0 saturated heterocycles. The molecule has 2 N–H and O–H groups in total. The van der Waals surface area contributed by atoms with E-state index in [0.29, 0.717) is 0 Å². The zero-order valence-corrected chi connectivity index (χ0v) is 4.82. The molecular weight excluding hydrogens is 168 g/mol. The Balaban J connectivity index is -0.00000000409. The van der Waals surface area contributed by atoms with Crippen molar-refractivity contribution in [1.29, 1.82) is 10.8 Å². The quantitative estimate of drug-likeness (QED) is 0.453. The van der Waals surface area contributed by atoms with Gasteiger partial charge in [0.2, 0.25) is 12.2 Å². The summed E-state index contributed by atoms with van der Waals surface area (Å²) in [5.74, 6) is 0. The maximum absolute atomic E-state index is 8.35. The van der Waals surface area contributed by atoms with Gasteiger partial charge in [0.05, 0.1) is 0 Å². The van der Waals surface area contributed by atoms with Crippen molar-refractivity contribution in [3.8, 4) is 0 Å². The van der Waals surface area contributed by atoms with E-state index < -0.39 is 0 Å². The zero-order valence-electron chi connectivity index (χ0n) is 4.82. The van der Waals surface area contributed by atoms with Gasteiger partial charge in [0, 0.05) is 0 Å². The summed E-state index contributed by atoms with van der Waals surface area (Å²) in [6, 6.07) is 0. The number of isocyanates is 2. The minimum atomic E-state index is 0. The van der Waals surface area contributed by atoms with Crippen LogP contribution < -0.4 is 0 Å². The topological polar surface area (TPSA) is 81.8 Å². The zero-order chi connectivity index (χ0) is 7.41. The normalized spacial score (nSPS) is 1.69. The molecule has 0 heterocycles. The van der Waals surface area contributed by atoms with E-state index in [1.807, 2.05) is 13.8 Å². The minimum absolute atomic E-state index is 0. The van der Waals surface area contributed by atoms with Crippen LogP contribution >= 0.6 is 0 Å². The van der Waals surface area contributed by atoms with Crippen LogP contribution in [0, 0.1) is 10.8 Å². The van der Waals surface area contributed by atoms with E-state index in [1.165, 1.54) is 0 Å². The third-order valence-corrected chi connectivity index (χ3v) is 0. The average molecular weight is 196 g/mol. The lowest BCUT2D eigenvalue weighted by molar-refractivity contribution is 0.562. The first-order valence-electron chi connectivity index (χ1n) is 1.91. The summed E-state index contributed by atoms with van der Waals surface area (Å²) in [4.78, 5) is 16.7. The summed E-state index contributed by atoms with van der Waals surface area (Å²) in [6.45, 7) is 4.00. The molecule has 0 radical (unpaired) electrons. The molecule has 0 aromatic carbocycles. The van der Waals surface area contributed by atoms with Crippen molar-refractivity contribution in [3.05, 3.63) is 0 Å². The molecule has 0 unspecified atom stereocenters. The fourth-order valence-corrected chi connectivity index (χ4v) is 0. The molecule has 0 fully saturated rings. The van der Waals surface area contributed by atoms with Gasteiger partial charge >= 0.3 is 0 Å². The van der Waals surface area contributed by atoms with Crippen LogP contribution in [0.4, 0.5) is 0 Å². The van der Waals surface area contributed by atoms with Gasteiger partial charge in [-0.15, -0.1) is 0 Å². The van der Waals surface area contributed by atoms with Crippen LogP contribution in [0.1, 0.15) is 51.0 Å². The molecule has 4 heteroatoms. The average Bonchev–Trinajstić information content (AvgIpc) is 1.75. The van der Waals surface area contributed by atoms with E-state index in [0.717, 1.165) is 12.2 Å². The van der Waals surface area contributed by atoms with E-state index in [9.17, 15) is 0 Å². The second kappa shape index (κ2) is 1770. The van der Waals surface area contributed by atoms with Gasteiger partial charge in [0.15, 0.2) is 0 Å². The molecule has 0 saturated carbocycles. The smallest absolute Gasteiger partial charge is 0.222 e. The molecule has 0 rings (SSSR count). The largest absolute Gasteiger partial charge is 0.231 e. The Bertz CT molecular complexity index is 69.6. The van der Waals surface area contributed by atoms with Crippen molar-refractivity contribution in [2.45, 2.75) is 51.0 Å². The number of rotatable bonds is 0. The Morgan fingerprint density at radius 3 is 0.692 bits per heavy atom. The lowest BCUT2D eigenvalue weighted by Gasteiger charge is -1.07. The molecule has 0 aromatic heterocycles. The Hall–Kier alpha value is -1.24. The van der Waals surface area contributed by atoms with Crippen LogP contribution in [0.25, 0.3) is 0 Å². The predicted octanol–water partition coefficient (Wildman–Crippen LogP) is 4.01. The Labute approximate surface area is 84.4 Å². The van der Waals surface area contributed by atoms with E-state index >= 15 is 0 Å². The molecule has 0 aliphatic rings. The summed E-state index contributed by atoms with van der Waals surface area (Å²) in [5, 5.41) is 10.8. The summed E-state index contributed by atoms with van der Waals surface area (Å²) >= 11 is 0. The van der Waals surface area contributed by atoms with Crippen LogP contribution in [0.15, 0.2) is 0 Å². The lowest BCUT2D eigenvalue weighted by atomic mass is 11.0. The second-order valence-electron chi connectivity index (χ2n) is 0.204. The number of carbonyl (C=O) groups excluding carboxylic acids is 2. The van der Waals surface area contributed by atoms with E-state index in [1.54, 1.807) is 0 Å². The second-order valence-corrected chi connectivity index (χ2v) is 0.204. The highest BCUT2D eigenvalue weighted by Gasteiger charge is 1.04. The Kier molecular flexibility index (Phi) is 13100. The van der Waals surface area contributed by atoms with Gasteiger partial charge in [-0.05, 0) is 0 Å². The van der Waals surface area contributed by atoms with Crippen molar-refractivity contribution < 1.29 is 9.59 Å². The molecule has 0 aromatic rings. The van der Waals surface area contributed by atoms with Crippen molar-refractivity contribution in [2.75, 3.05) is 0 Å². The highest BCUT2D eigenvalue weighted by Crippen LogP contribution is 1.14. The molecule has 0 atom stereocenters. The maximum atomic E-state index is 8.35. The highest BCUT2D eigenvalue weighted by molar-refractivity contribution is 5.26. The fraction of sp³-hybridized carbons (Fsp3) is 0.778. The standard InChI is InChI=1S/C2H6.2CHNO.5CH4/c1-2;2*2-1-3;;;;;/h1-2H3;2*2H;5*1H4. The van der Waals surface area contributed by atoms with Crippen LogP contribution in [0.3, 0.4) is 0 Å². The van der Waals surface area contributed by atoms with Crippen LogP contribution in [0.5, 0.6) is 0 Å². The first-order valence-corrected chi connectivity index (χ1v) is 1.91. The van der Waals surface area contributed by atoms with Crippen molar-refractivity contribution in [2.24, 2.45) is 0 Å². The maximum Gasteiger partial charge on any atom is 0.231 e. The van der Waals surface area contributed by atoms with Crippen molar-refractivity contribution in [3.63, 3.8) is 0 Å². The van der Waals surface area contributed by atoms with E-state index in [-0.39, 0.29) is 37.1 Å². The first-order chi connectivity index (χ1) is 3.83. The van der Waals surface area contributed by atoms with Crippen molar-refractivity contribution in [1.82, 2.24) is 0 Å². The third kappa shape index (κ3) is 537. The monoisotopic (exact) mass is 196 g/mol. The van der Waals surface area contributed by atoms with Gasteiger partial charge in [0.1, 0.15) is 0 Å². The molecule has 0 bridgehead atoms. The fourth-order valence-electron chi connectivity index (χ4n) is 0. The molecule has 86 valence electrons. The number of hydrogen-bond donors (Lipinski definition) is 2. The van der Waals surface area contributed by atoms with Crippen LogP contribution in [0.2, 0.25) is 0 Å². The minimum Gasteiger partial charge on any atom is -0.222 e. The molecule has 0 aliphatic heterocycles. The molecule has 0 amide bonds. The van der Waals surface area contributed by atoms with Crippen LogP contribution in [-0.2, 0) is 9.59 Å². The van der Waals surface area contributed by atoms with Gasteiger partial charge in [-0.25, -0.2) is 20.4 Å². The van der Waals surface area contributed by atoms with E-state index in [4.69, 9.17) is 20.4 Å². The number of nitrogens with one attached hydrogen (secondary N) is 2. The SMILES string of the molecule is C.C.C.C.C.CC.N=C=O.N=C=O. The molecular formula is C9H28N2O2. The van der Waals surface area contributed by atoms with Gasteiger partial charge in [-0.2, -0.15) is 0 Å². The molecule has 0 spiro atoms. The lowest BCUT2D eigenvalue weighted by Crippen LogP contribution is -1.16. The molecule has 13 heavy (non-hydrogen) atoms. The van der Waals surface area contributed by atoms with Gasteiger partial charge in [0.25, 0.3) is 0 Å². The molecule has 4 nitrogen and oxygen atoms in total. The number of hydrogen-bond acceptors (Lipinski definition) is 4. The van der Waals surface area contributed by atoms with Crippen LogP contribution in [-0.4, -0.2) is 12.2 Å².